The Morgan fingerprint density at radius 1 is 1.41 bits per heavy atom. The predicted octanol–water partition coefficient (Wildman–Crippen LogP) is 4.84. The Kier molecular flexibility index (Phi) is 3.66. The fourth-order valence-electron chi connectivity index (χ4n) is 1.35. The number of thiophene rings is 1. The van der Waals surface area contributed by atoms with Crippen LogP contribution < -0.4 is 0 Å². The Morgan fingerprint density at radius 2 is 2.12 bits per heavy atom. The smallest absolute Gasteiger partial charge is 0.203 e. The van der Waals surface area contributed by atoms with Gasteiger partial charge in [-0.25, -0.2) is 4.39 Å². The highest BCUT2D eigenvalue weighted by Crippen LogP contribution is 2.28. The van der Waals surface area contributed by atoms with Crippen molar-refractivity contribution in [3.8, 4) is 0 Å². The van der Waals surface area contributed by atoms with Gasteiger partial charge < -0.3 is 0 Å². The standard InChI is InChI=1S/C12H7BrClFOS/c1-6-8(13)5-11(17-6)12(16)7-2-3-10(15)9(14)4-7/h2-5H,1H3. The van der Waals surface area contributed by atoms with Gasteiger partial charge in [0.25, 0.3) is 0 Å². The van der Waals surface area contributed by atoms with Gasteiger partial charge in [0.1, 0.15) is 5.82 Å². The molecule has 1 aromatic heterocycles. The quantitative estimate of drug-likeness (QED) is 0.719. The van der Waals surface area contributed by atoms with Crippen LogP contribution in [0.1, 0.15) is 20.1 Å². The molecule has 1 heterocycles. The average Bonchev–Trinajstić information content (AvgIpc) is 2.62. The van der Waals surface area contributed by atoms with Crippen LogP contribution in [0, 0.1) is 12.7 Å². The van der Waals surface area contributed by atoms with Gasteiger partial charge in [0.15, 0.2) is 0 Å². The topological polar surface area (TPSA) is 17.1 Å². The third-order valence-corrected chi connectivity index (χ3v) is 4.69. The van der Waals surface area contributed by atoms with E-state index in [1.54, 1.807) is 6.07 Å². The third-order valence-electron chi connectivity index (χ3n) is 2.26. The summed E-state index contributed by atoms with van der Waals surface area (Å²) in [6, 6.07) is 5.75. The predicted molar refractivity (Wildman–Crippen MR) is 71.6 cm³/mol. The van der Waals surface area contributed by atoms with Crippen LogP contribution in [0.3, 0.4) is 0 Å². The molecule has 1 aromatic carbocycles. The lowest BCUT2D eigenvalue weighted by Crippen LogP contribution is -1.98. The zero-order chi connectivity index (χ0) is 12.6. The second-order valence-electron chi connectivity index (χ2n) is 3.47. The maximum Gasteiger partial charge on any atom is 0.203 e. The molecule has 88 valence electrons. The number of aryl methyl sites for hydroxylation is 1. The van der Waals surface area contributed by atoms with Crippen LogP contribution in [0.15, 0.2) is 28.7 Å². The van der Waals surface area contributed by atoms with E-state index in [1.807, 2.05) is 6.92 Å². The summed E-state index contributed by atoms with van der Waals surface area (Å²) >= 11 is 10.4. The van der Waals surface area contributed by atoms with Gasteiger partial charge in [0, 0.05) is 14.9 Å². The molecule has 0 N–H and O–H groups in total. The summed E-state index contributed by atoms with van der Waals surface area (Å²) in [5.41, 5.74) is 0.394. The number of rotatable bonds is 2. The molecular weight excluding hydrogens is 327 g/mol. The summed E-state index contributed by atoms with van der Waals surface area (Å²) in [6.45, 7) is 1.92. The van der Waals surface area contributed by atoms with Gasteiger partial charge in [-0.05, 0) is 47.1 Å². The van der Waals surface area contributed by atoms with Gasteiger partial charge in [-0.3, -0.25) is 4.79 Å². The first-order valence-corrected chi connectivity index (χ1v) is 6.73. The van der Waals surface area contributed by atoms with Crippen LogP contribution in [0.5, 0.6) is 0 Å². The minimum absolute atomic E-state index is 0.0387. The largest absolute Gasteiger partial charge is 0.288 e. The summed E-state index contributed by atoms with van der Waals surface area (Å²) in [6.07, 6.45) is 0. The molecule has 0 aliphatic rings. The Morgan fingerprint density at radius 3 is 2.65 bits per heavy atom. The molecule has 0 saturated carbocycles. The van der Waals surface area contributed by atoms with E-state index in [0.29, 0.717) is 10.4 Å². The van der Waals surface area contributed by atoms with Crippen molar-refractivity contribution in [2.75, 3.05) is 0 Å². The van der Waals surface area contributed by atoms with Crippen molar-refractivity contribution < 1.29 is 9.18 Å². The van der Waals surface area contributed by atoms with Crippen LogP contribution >= 0.6 is 38.9 Å². The van der Waals surface area contributed by atoms with Crippen molar-refractivity contribution >= 4 is 44.7 Å². The lowest BCUT2D eigenvalue weighted by atomic mass is 10.1. The lowest BCUT2D eigenvalue weighted by molar-refractivity contribution is 0.104. The van der Waals surface area contributed by atoms with Crippen LogP contribution in [-0.2, 0) is 0 Å². The van der Waals surface area contributed by atoms with E-state index in [0.717, 1.165) is 9.35 Å². The SMILES string of the molecule is Cc1sc(C(=O)c2ccc(F)c(Cl)c2)cc1Br. The van der Waals surface area contributed by atoms with Crippen LogP contribution in [0.25, 0.3) is 0 Å². The van der Waals surface area contributed by atoms with E-state index < -0.39 is 5.82 Å². The van der Waals surface area contributed by atoms with Crippen molar-refractivity contribution in [1.29, 1.82) is 0 Å². The lowest BCUT2D eigenvalue weighted by Gasteiger charge is -1.99. The summed E-state index contributed by atoms with van der Waals surface area (Å²) in [5.74, 6) is -0.669. The molecule has 0 fully saturated rings. The number of hydrogen-bond acceptors (Lipinski definition) is 2. The van der Waals surface area contributed by atoms with E-state index in [4.69, 9.17) is 11.6 Å². The Labute approximate surface area is 115 Å². The van der Waals surface area contributed by atoms with Gasteiger partial charge in [0.05, 0.1) is 9.90 Å². The molecule has 0 amide bonds. The normalized spacial score (nSPS) is 10.6. The Hall–Kier alpha value is -0.710. The van der Waals surface area contributed by atoms with E-state index in [9.17, 15) is 9.18 Å². The second kappa shape index (κ2) is 4.88. The Balaban J connectivity index is 2.40. The number of halogens is 3. The van der Waals surface area contributed by atoms with Crippen LogP contribution in [-0.4, -0.2) is 5.78 Å². The highest BCUT2D eigenvalue weighted by Gasteiger charge is 2.14. The molecule has 17 heavy (non-hydrogen) atoms. The van der Waals surface area contributed by atoms with Crippen molar-refractivity contribution in [2.45, 2.75) is 6.92 Å². The van der Waals surface area contributed by atoms with Gasteiger partial charge in [0.2, 0.25) is 5.78 Å². The van der Waals surface area contributed by atoms with Crippen LogP contribution in [0.2, 0.25) is 5.02 Å². The molecule has 0 radical (unpaired) electrons. The van der Waals surface area contributed by atoms with Gasteiger partial charge in [-0.2, -0.15) is 0 Å². The Bertz CT molecular complexity index is 575. The minimum Gasteiger partial charge on any atom is -0.288 e. The number of hydrogen-bond donors (Lipinski definition) is 0. The number of ketones is 1. The molecule has 0 saturated heterocycles. The molecule has 0 unspecified atom stereocenters. The molecule has 0 bridgehead atoms. The zero-order valence-corrected chi connectivity index (χ0v) is 11.9. The first-order valence-electron chi connectivity index (χ1n) is 4.74. The molecule has 0 aliphatic carbocycles. The van der Waals surface area contributed by atoms with E-state index in [2.05, 4.69) is 15.9 Å². The van der Waals surface area contributed by atoms with Gasteiger partial charge in [-0.15, -0.1) is 11.3 Å². The second-order valence-corrected chi connectivity index (χ2v) is 5.99. The highest BCUT2D eigenvalue weighted by atomic mass is 79.9. The van der Waals surface area contributed by atoms with Gasteiger partial charge in [-0.1, -0.05) is 11.6 Å². The first-order chi connectivity index (χ1) is 7.99. The maximum atomic E-state index is 13.0. The molecule has 0 atom stereocenters. The molecular formula is C12H7BrClFOS. The summed E-state index contributed by atoms with van der Waals surface area (Å²) in [7, 11) is 0. The summed E-state index contributed by atoms with van der Waals surface area (Å²) in [5, 5.41) is -0.0387. The minimum atomic E-state index is -0.522. The highest BCUT2D eigenvalue weighted by molar-refractivity contribution is 9.10. The van der Waals surface area contributed by atoms with Crippen molar-refractivity contribution in [3.05, 3.63) is 54.9 Å². The van der Waals surface area contributed by atoms with E-state index in [-0.39, 0.29) is 10.8 Å². The fourth-order valence-corrected chi connectivity index (χ4v) is 3.03. The zero-order valence-electron chi connectivity index (χ0n) is 8.76. The molecule has 2 rings (SSSR count). The molecule has 1 nitrogen and oxygen atoms in total. The van der Waals surface area contributed by atoms with Crippen molar-refractivity contribution in [1.82, 2.24) is 0 Å². The molecule has 2 aromatic rings. The van der Waals surface area contributed by atoms with Crippen LogP contribution in [0.4, 0.5) is 4.39 Å². The van der Waals surface area contributed by atoms with E-state index >= 15 is 0 Å². The number of carbonyl (C=O) groups is 1. The maximum absolute atomic E-state index is 13.0. The third kappa shape index (κ3) is 2.59. The summed E-state index contributed by atoms with van der Waals surface area (Å²) < 4.78 is 13.9. The fraction of sp³-hybridized carbons (Fsp3) is 0.0833. The monoisotopic (exact) mass is 332 g/mol. The molecule has 0 spiro atoms. The van der Waals surface area contributed by atoms with Crippen molar-refractivity contribution in [2.24, 2.45) is 0 Å². The average molecular weight is 334 g/mol. The van der Waals surface area contributed by atoms with Crippen molar-refractivity contribution in [3.63, 3.8) is 0 Å². The van der Waals surface area contributed by atoms with E-state index in [1.165, 1.54) is 29.5 Å². The number of benzene rings is 1. The first kappa shape index (κ1) is 12.7. The van der Waals surface area contributed by atoms with Gasteiger partial charge >= 0.3 is 0 Å². The molecule has 0 aliphatic heterocycles. The molecule has 5 heteroatoms. The summed E-state index contributed by atoms with van der Waals surface area (Å²) in [4.78, 5) is 13.7. The number of carbonyl (C=O) groups excluding carboxylic acids is 1.